The minimum absolute atomic E-state index is 0. The Morgan fingerprint density at radius 3 is 2.53 bits per heavy atom. The molecule has 0 unspecified atom stereocenters. The molecule has 0 radical (unpaired) electrons. The first-order valence-corrected chi connectivity index (χ1v) is 5.20. The number of anilines is 1. The molecule has 0 saturated carbocycles. The van der Waals surface area contributed by atoms with E-state index in [9.17, 15) is 4.79 Å². The molecule has 1 aliphatic heterocycles. The van der Waals surface area contributed by atoms with Crippen LogP contribution in [0.15, 0.2) is 17.2 Å². The molecular formula is C10H18Cl2N4O. The van der Waals surface area contributed by atoms with Crippen molar-refractivity contribution in [3.63, 3.8) is 0 Å². The van der Waals surface area contributed by atoms with E-state index in [1.54, 1.807) is 24.0 Å². The van der Waals surface area contributed by atoms with Crippen molar-refractivity contribution in [2.24, 2.45) is 12.8 Å². The Kier molecular flexibility index (Phi) is 6.52. The van der Waals surface area contributed by atoms with Gasteiger partial charge >= 0.3 is 0 Å². The van der Waals surface area contributed by atoms with Crippen LogP contribution in [0.1, 0.15) is 12.8 Å². The Morgan fingerprint density at radius 1 is 1.35 bits per heavy atom. The van der Waals surface area contributed by atoms with E-state index in [0.717, 1.165) is 25.9 Å². The summed E-state index contributed by atoms with van der Waals surface area (Å²) in [6, 6.07) is 0.272. The van der Waals surface area contributed by atoms with Gasteiger partial charge in [-0.1, -0.05) is 0 Å². The molecule has 1 fully saturated rings. The number of nitrogens with zero attached hydrogens (tertiary/aromatic N) is 3. The molecule has 0 spiro atoms. The van der Waals surface area contributed by atoms with Gasteiger partial charge in [-0.05, 0) is 12.8 Å². The van der Waals surface area contributed by atoms with Crippen molar-refractivity contribution in [3.8, 4) is 0 Å². The van der Waals surface area contributed by atoms with Crippen molar-refractivity contribution in [2.45, 2.75) is 18.9 Å². The second-order valence-corrected chi connectivity index (χ2v) is 3.99. The minimum atomic E-state index is -0.0343. The highest BCUT2D eigenvalue weighted by Gasteiger charge is 2.19. The highest BCUT2D eigenvalue weighted by molar-refractivity contribution is 5.85. The van der Waals surface area contributed by atoms with Gasteiger partial charge in [0.25, 0.3) is 5.56 Å². The Labute approximate surface area is 113 Å². The molecule has 2 rings (SSSR count). The summed E-state index contributed by atoms with van der Waals surface area (Å²) >= 11 is 0. The standard InChI is InChI=1S/C10H16N4O.2ClH/c1-13-7-4-12-9(10(13)15)14-5-2-8(11)3-6-14;;/h4,7-8H,2-3,5-6,11H2,1H3;2*1H. The first-order chi connectivity index (χ1) is 7.18. The van der Waals surface area contributed by atoms with Gasteiger partial charge in [0.05, 0.1) is 0 Å². The van der Waals surface area contributed by atoms with Crippen LogP contribution in [-0.2, 0) is 7.05 Å². The highest BCUT2D eigenvalue weighted by Crippen LogP contribution is 2.12. The topological polar surface area (TPSA) is 64.2 Å². The lowest BCUT2D eigenvalue weighted by atomic mass is 10.1. The average molecular weight is 281 g/mol. The third kappa shape index (κ3) is 3.59. The van der Waals surface area contributed by atoms with Crippen molar-refractivity contribution in [1.82, 2.24) is 9.55 Å². The van der Waals surface area contributed by atoms with Crippen LogP contribution in [0.5, 0.6) is 0 Å². The van der Waals surface area contributed by atoms with E-state index in [2.05, 4.69) is 4.98 Å². The number of aromatic nitrogens is 2. The lowest BCUT2D eigenvalue weighted by Gasteiger charge is -2.30. The number of hydrogen-bond donors (Lipinski definition) is 1. The smallest absolute Gasteiger partial charge is 0.293 e. The summed E-state index contributed by atoms with van der Waals surface area (Å²) in [5, 5.41) is 0. The molecule has 0 amide bonds. The molecule has 7 heteroatoms. The number of piperidine rings is 1. The third-order valence-electron chi connectivity index (χ3n) is 2.84. The molecule has 2 heterocycles. The van der Waals surface area contributed by atoms with Crippen molar-refractivity contribution >= 4 is 30.6 Å². The summed E-state index contributed by atoms with van der Waals surface area (Å²) in [4.78, 5) is 17.9. The fourth-order valence-electron chi connectivity index (χ4n) is 1.81. The van der Waals surface area contributed by atoms with E-state index in [-0.39, 0.29) is 36.4 Å². The number of aryl methyl sites for hydroxylation is 1. The summed E-state index contributed by atoms with van der Waals surface area (Å²) in [5.74, 6) is 0.548. The van der Waals surface area contributed by atoms with Gasteiger partial charge < -0.3 is 15.2 Å². The van der Waals surface area contributed by atoms with Gasteiger partial charge in [-0.3, -0.25) is 4.79 Å². The monoisotopic (exact) mass is 280 g/mol. The minimum Gasteiger partial charge on any atom is -0.352 e. The normalized spacial score (nSPS) is 16.0. The van der Waals surface area contributed by atoms with Crippen molar-refractivity contribution in [2.75, 3.05) is 18.0 Å². The van der Waals surface area contributed by atoms with Crippen molar-refractivity contribution < 1.29 is 0 Å². The first kappa shape index (κ1) is 16.2. The molecule has 0 bridgehead atoms. The maximum absolute atomic E-state index is 11.8. The molecule has 1 aromatic rings. The van der Waals surface area contributed by atoms with Crippen LogP contribution < -0.4 is 16.2 Å². The van der Waals surface area contributed by atoms with Crippen LogP contribution in [0.3, 0.4) is 0 Å². The lowest BCUT2D eigenvalue weighted by Crippen LogP contribution is -2.42. The molecule has 17 heavy (non-hydrogen) atoms. The number of hydrogen-bond acceptors (Lipinski definition) is 4. The Balaban J connectivity index is 0.00000128. The molecule has 0 aliphatic carbocycles. The summed E-state index contributed by atoms with van der Waals surface area (Å²) in [6.07, 6.45) is 5.19. The van der Waals surface area contributed by atoms with Gasteiger partial charge in [0.1, 0.15) is 0 Å². The zero-order valence-corrected chi connectivity index (χ0v) is 11.3. The SMILES string of the molecule is Cl.Cl.Cn1ccnc(N2CCC(N)CC2)c1=O. The predicted octanol–water partition coefficient (Wildman–Crippen LogP) is 0.551. The van der Waals surface area contributed by atoms with E-state index >= 15 is 0 Å². The van der Waals surface area contributed by atoms with Crippen LogP contribution in [0.25, 0.3) is 0 Å². The molecule has 1 aromatic heterocycles. The summed E-state index contributed by atoms with van der Waals surface area (Å²) in [5.41, 5.74) is 5.78. The number of halogens is 2. The van der Waals surface area contributed by atoms with E-state index in [4.69, 9.17) is 5.73 Å². The van der Waals surface area contributed by atoms with Crippen molar-refractivity contribution in [1.29, 1.82) is 0 Å². The predicted molar refractivity (Wildman–Crippen MR) is 73.4 cm³/mol. The van der Waals surface area contributed by atoms with Gasteiger partial charge in [-0.15, -0.1) is 24.8 Å². The second kappa shape index (κ2) is 6.83. The molecular weight excluding hydrogens is 263 g/mol. The van der Waals surface area contributed by atoms with Gasteiger partial charge in [-0.2, -0.15) is 0 Å². The molecule has 1 aliphatic rings. The highest BCUT2D eigenvalue weighted by atomic mass is 35.5. The zero-order chi connectivity index (χ0) is 10.8. The number of nitrogens with two attached hydrogens (primary N) is 1. The van der Waals surface area contributed by atoms with Gasteiger partial charge in [0.15, 0.2) is 5.82 Å². The largest absolute Gasteiger partial charge is 0.352 e. The Hall–Kier alpha value is -0.780. The average Bonchev–Trinajstić information content (AvgIpc) is 2.24. The van der Waals surface area contributed by atoms with Gasteiger partial charge in [0.2, 0.25) is 0 Å². The molecule has 0 atom stereocenters. The molecule has 0 aromatic carbocycles. The Morgan fingerprint density at radius 2 is 1.94 bits per heavy atom. The Bertz CT molecular complexity index is 402. The van der Waals surface area contributed by atoms with E-state index in [1.807, 2.05) is 4.90 Å². The van der Waals surface area contributed by atoms with Gasteiger partial charge in [-0.25, -0.2) is 4.98 Å². The summed E-state index contributed by atoms with van der Waals surface area (Å²) < 4.78 is 1.55. The van der Waals surface area contributed by atoms with Crippen LogP contribution >= 0.6 is 24.8 Å². The van der Waals surface area contributed by atoms with E-state index in [1.165, 1.54) is 0 Å². The van der Waals surface area contributed by atoms with Crippen molar-refractivity contribution in [3.05, 3.63) is 22.7 Å². The van der Waals surface area contributed by atoms with Crippen LogP contribution in [0, 0.1) is 0 Å². The second-order valence-electron chi connectivity index (χ2n) is 3.99. The quantitative estimate of drug-likeness (QED) is 0.816. The fraction of sp³-hybridized carbons (Fsp3) is 0.600. The maximum atomic E-state index is 11.8. The zero-order valence-electron chi connectivity index (χ0n) is 9.70. The molecule has 2 N–H and O–H groups in total. The summed E-state index contributed by atoms with van der Waals surface area (Å²) in [6.45, 7) is 1.65. The lowest BCUT2D eigenvalue weighted by molar-refractivity contribution is 0.496. The molecule has 1 saturated heterocycles. The first-order valence-electron chi connectivity index (χ1n) is 5.20. The summed E-state index contributed by atoms with van der Waals surface area (Å²) in [7, 11) is 1.74. The van der Waals surface area contributed by atoms with E-state index < -0.39 is 0 Å². The maximum Gasteiger partial charge on any atom is 0.293 e. The van der Waals surface area contributed by atoms with Crippen LogP contribution in [0.2, 0.25) is 0 Å². The van der Waals surface area contributed by atoms with Crippen LogP contribution in [-0.4, -0.2) is 28.7 Å². The van der Waals surface area contributed by atoms with E-state index in [0.29, 0.717) is 5.82 Å². The number of rotatable bonds is 1. The molecule has 98 valence electrons. The van der Waals surface area contributed by atoms with Gasteiger partial charge in [0, 0.05) is 38.6 Å². The molecule has 5 nitrogen and oxygen atoms in total. The fourth-order valence-corrected chi connectivity index (χ4v) is 1.81. The third-order valence-corrected chi connectivity index (χ3v) is 2.84. The van der Waals surface area contributed by atoms with Crippen LogP contribution in [0.4, 0.5) is 5.82 Å².